The second kappa shape index (κ2) is 10.2. The maximum Gasteiger partial charge on any atom is 0.306 e. The number of ketones is 1. The molecule has 3 nitrogen and oxygen atoms in total. The summed E-state index contributed by atoms with van der Waals surface area (Å²) in [6.07, 6.45) is 6.18. The molecule has 0 atom stereocenters. The molecule has 0 bridgehead atoms. The Hall–Kier alpha value is -1.64. The third-order valence-electron chi connectivity index (χ3n) is 3.15. The summed E-state index contributed by atoms with van der Waals surface area (Å²) in [6.45, 7) is 1.99. The van der Waals surface area contributed by atoms with Crippen molar-refractivity contribution < 1.29 is 14.3 Å². The molecule has 0 radical (unpaired) electrons. The SMILES string of the molecule is CC(=O)CCCCCCCC(=O)OCc1ccccc1. The van der Waals surface area contributed by atoms with Crippen molar-refractivity contribution in [2.45, 2.75) is 58.5 Å². The van der Waals surface area contributed by atoms with Gasteiger partial charge in [0, 0.05) is 12.8 Å². The Balaban J connectivity index is 1.96. The first-order chi connectivity index (χ1) is 9.68. The average Bonchev–Trinajstić information content (AvgIpc) is 2.45. The number of Topliss-reactive ketones (excluding diaryl/α,β-unsaturated/α-hetero) is 1. The molecule has 0 fully saturated rings. The maximum atomic E-state index is 11.5. The summed E-state index contributed by atoms with van der Waals surface area (Å²) in [6, 6.07) is 9.70. The van der Waals surface area contributed by atoms with E-state index in [9.17, 15) is 9.59 Å². The zero-order valence-corrected chi connectivity index (χ0v) is 12.3. The fourth-order valence-corrected chi connectivity index (χ4v) is 1.98. The molecule has 0 N–H and O–H groups in total. The zero-order chi connectivity index (χ0) is 14.6. The molecule has 20 heavy (non-hydrogen) atoms. The highest BCUT2D eigenvalue weighted by molar-refractivity contribution is 5.75. The Morgan fingerprint density at radius 2 is 1.50 bits per heavy atom. The molecule has 0 aromatic heterocycles. The largest absolute Gasteiger partial charge is 0.461 e. The molecule has 0 heterocycles. The number of unbranched alkanes of at least 4 members (excludes halogenated alkanes) is 4. The summed E-state index contributed by atoms with van der Waals surface area (Å²) in [4.78, 5) is 22.3. The first kappa shape index (κ1) is 16.4. The Bertz CT molecular complexity index is 398. The molecule has 110 valence electrons. The molecule has 1 aromatic rings. The number of carbonyl (C=O) groups is 2. The van der Waals surface area contributed by atoms with Gasteiger partial charge in [-0.25, -0.2) is 0 Å². The highest BCUT2D eigenvalue weighted by atomic mass is 16.5. The van der Waals surface area contributed by atoms with Crippen LogP contribution < -0.4 is 0 Å². The van der Waals surface area contributed by atoms with Gasteiger partial charge in [-0.1, -0.05) is 49.6 Å². The van der Waals surface area contributed by atoms with Crippen molar-refractivity contribution in [3.63, 3.8) is 0 Å². The van der Waals surface area contributed by atoms with Crippen LogP contribution in [0.2, 0.25) is 0 Å². The van der Waals surface area contributed by atoms with E-state index in [1.54, 1.807) is 6.92 Å². The van der Waals surface area contributed by atoms with Gasteiger partial charge in [-0.2, -0.15) is 0 Å². The van der Waals surface area contributed by atoms with Crippen LogP contribution in [-0.4, -0.2) is 11.8 Å². The second-order valence-electron chi connectivity index (χ2n) is 5.12. The van der Waals surface area contributed by atoms with Gasteiger partial charge in [-0.05, 0) is 25.3 Å². The predicted octanol–water partition coefficient (Wildman–Crippen LogP) is 4.05. The predicted molar refractivity (Wildman–Crippen MR) is 79.2 cm³/mol. The van der Waals surface area contributed by atoms with Crippen LogP contribution in [0.3, 0.4) is 0 Å². The van der Waals surface area contributed by atoms with Crippen molar-refractivity contribution in [3.05, 3.63) is 35.9 Å². The van der Waals surface area contributed by atoms with E-state index in [1.807, 2.05) is 30.3 Å². The molecule has 0 aliphatic carbocycles. The summed E-state index contributed by atoms with van der Waals surface area (Å²) in [7, 11) is 0. The van der Waals surface area contributed by atoms with Gasteiger partial charge in [0.1, 0.15) is 12.4 Å². The lowest BCUT2D eigenvalue weighted by atomic mass is 10.1. The number of carbonyl (C=O) groups excluding carboxylic acids is 2. The molecule has 0 saturated carbocycles. The van der Waals surface area contributed by atoms with E-state index in [1.165, 1.54) is 0 Å². The molecule has 1 aromatic carbocycles. The molecule has 0 saturated heterocycles. The fraction of sp³-hybridized carbons (Fsp3) is 0.529. The third-order valence-corrected chi connectivity index (χ3v) is 3.15. The number of esters is 1. The van der Waals surface area contributed by atoms with Crippen LogP contribution in [0.4, 0.5) is 0 Å². The van der Waals surface area contributed by atoms with Crippen LogP contribution in [0, 0.1) is 0 Å². The van der Waals surface area contributed by atoms with Crippen molar-refractivity contribution in [2.24, 2.45) is 0 Å². The summed E-state index contributed by atoms with van der Waals surface area (Å²) in [5.41, 5.74) is 1.02. The van der Waals surface area contributed by atoms with Crippen molar-refractivity contribution >= 4 is 11.8 Å². The lowest BCUT2D eigenvalue weighted by molar-refractivity contribution is -0.145. The standard InChI is InChI=1S/C17H24O3/c1-15(18)10-6-3-2-4-9-13-17(19)20-14-16-11-7-5-8-12-16/h5,7-8,11-12H,2-4,6,9-10,13-14H2,1H3. The van der Waals surface area contributed by atoms with Crippen molar-refractivity contribution in [1.29, 1.82) is 0 Å². The van der Waals surface area contributed by atoms with E-state index >= 15 is 0 Å². The molecule has 3 heteroatoms. The number of hydrogen-bond acceptors (Lipinski definition) is 3. The minimum absolute atomic E-state index is 0.127. The molecule has 0 aliphatic heterocycles. The number of benzene rings is 1. The van der Waals surface area contributed by atoms with Gasteiger partial charge < -0.3 is 9.53 Å². The van der Waals surface area contributed by atoms with Crippen LogP contribution in [0.15, 0.2) is 30.3 Å². The molecule has 0 amide bonds. The van der Waals surface area contributed by atoms with E-state index in [4.69, 9.17) is 4.74 Å². The van der Waals surface area contributed by atoms with E-state index in [0.29, 0.717) is 19.4 Å². The topological polar surface area (TPSA) is 43.4 Å². The third kappa shape index (κ3) is 8.46. The quantitative estimate of drug-likeness (QED) is 0.478. The minimum atomic E-state index is -0.127. The van der Waals surface area contributed by atoms with E-state index in [-0.39, 0.29) is 11.8 Å². The van der Waals surface area contributed by atoms with Gasteiger partial charge >= 0.3 is 5.97 Å². The maximum absolute atomic E-state index is 11.5. The van der Waals surface area contributed by atoms with Crippen molar-refractivity contribution in [3.8, 4) is 0 Å². The molecule has 0 spiro atoms. The van der Waals surface area contributed by atoms with E-state index in [0.717, 1.165) is 37.7 Å². The van der Waals surface area contributed by atoms with Crippen LogP contribution in [-0.2, 0) is 20.9 Å². The summed E-state index contributed by atoms with van der Waals surface area (Å²) in [5, 5.41) is 0. The highest BCUT2D eigenvalue weighted by Crippen LogP contribution is 2.09. The Morgan fingerprint density at radius 3 is 2.15 bits per heavy atom. The Morgan fingerprint density at radius 1 is 0.900 bits per heavy atom. The van der Waals surface area contributed by atoms with Crippen LogP contribution in [0.25, 0.3) is 0 Å². The van der Waals surface area contributed by atoms with Crippen LogP contribution in [0.1, 0.15) is 57.4 Å². The normalized spacial score (nSPS) is 10.2. The minimum Gasteiger partial charge on any atom is -0.461 e. The summed E-state index contributed by atoms with van der Waals surface area (Å²) >= 11 is 0. The summed E-state index contributed by atoms with van der Waals surface area (Å²) < 4.78 is 5.20. The average molecular weight is 276 g/mol. The Kier molecular flexibility index (Phi) is 8.36. The number of rotatable bonds is 10. The Labute approximate surface area is 121 Å². The summed E-state index contributed by atoms with van der Waals surface area (Å²) in [5.74, 6) is 0.132. The monoisotopic (exact) mass is 276 g/mol. The van der Waals surface area contributed by atoms with E-state index < -0.39 is 0 Å². The van der Waals surface area contributed by atoms with Gasteiger partial charge in [0.15, 0.2) is 0 Å². The van der Waals surface area contributed by atoms with Gasteiger partial charge in [-0.3, -0.25) is 4.79 Å². The van der Waals surface area contributed by atoms with Gasteiger partial charge in [0.05, 0.1) is 0 Å². The van der Waals surface area contributed by atoms with Crippen LogP contribution >= 0.6 is 0 Å². The van der Waals surface area contributed by atoms with Crippen molar-refractivity contribution in [1.82, 2.24) is 0 Å². The van der Waals surface area contributed by atoms with Gasteiger partial charge in [-0.15, -0.1) is 0 Å². The zero-order valence-electron chi connectivity index (χ0n) is 12.3. The lowest BCUT2D eigenvalue weighted by Crippen LogP contribution is -2.04. The van der Waals surface area contributed by atoms with Crippen LogP contribution in [0.5, 0.6) is 0 Å². The fourth-order valence-electron chi connectivity index (χ4n) is 1.98. The molecule has 0 aliphatic rings. The number of ether oxygens (including phenoxy) is 1. The molecular formula is C17H24O3. The first-order valence-corrected chi connectivity index (χ1v) is 7.37. The van der Waals surface area contributed by atoms with Crippen molar-refractivity contribution in [2.75, 3.05) is 0 Å². The first-order valence-electron chi connectivity index (χ1n) is 7.37. The molecule has 1 rings (SSSR count). The molecular weight excluding hydrogens is 252 g/mol. The smallest absolute Gasteiger partial charge is 0.306 e. The number of hydrogen-bond donors (Lipinski definition) is 0. The second-order valence-corrected chi connectivity index (χ2v) is 5.12. The lowest BCUT2D eigenvalue weighted by Gasteiger charge is -2.05. The van der Waals surface area contributed by atoms with E-state index in [2.05, 4.69) is 0 Å². The van der Waals surface area contributed by atoms with Gasteiger partial charge in [0.2, 0.25) is 0 Å². The highest BCUT2D eigenvalue weighted by Gasteiger charge is 2.03. The molecule has 0 unspecified atom stereocenters. The van der Waals surface area contributed by atoms with Gasteiger partial charge in [0.25, 0.3) is 0 Å².